The molecular weight excluding hydrogens is 372 g/mol. The Balaban J connectivity index is 1.81. The second kappa shape index (κ2) is 7.56. The lowest BCUT2D eigenvalue weighted by molar-refractivity contribution is 0.614. The average Bonchev–Trinajstić information content (AvgIpc) is 3.53. The van der Waals surface area contributed by atoms with Gasteiger partial charge < -0.3 is 4.90 Å². The van der Waals surface area contributed by atoms with E-state index in [1.54, 1.807) is 0 Å². The van der Waals surface area contributed by atoms with Crippen LogP contribution in [-0.4, -0.2) is 31.2 Å². The molecule has 1 fully saturated rings. The van der Waals surface area contributed by atoms with Gasteiger partial charge in [0, 0.05) is 18.0 Å². The molecular formula is C21H20N4O2S. The summed E-state index contributed by atoms with van der Waals surface area (Å²) in [6.45, 7) is 2.91. The number of rotatable bonds is 6. The molecule has 1 aromatic heterocycles. The molecule has 7 heteroatoms. The van der Waals surface area contributed by atoms with Crippen molar-refractivity contribution in [3.05, 3.63) is 53.7 Å². The van der Waals surface area contributed by atoms with Crippen LogP contribution in [0.4, 0.5) is 5.69 Å². The van der Waals surface area contributed by atoms with Gasteiger partial charge in [-0.05, 0) is 48.6 Å². The van der Waals surface area contributed by atoms with E-state index in [1.165, 1.54) is 0 Å². The van der Waals surface area contributed by atoms with E-state index in [4.69, 9.17) is 0 Å². The fraction of sp³-hybridized carbons (Fsp3) is 0.286. The lowest BCUT2D eigenvalue weighted by Crippen LogP contribution is -2.26. The van der Waals surface area contributed by atoms with Gasteiger partial charge in [-0.2, -0.15) is 5.26 Å². The number of hydrogen-bond acceptors (Lipinski definition) is 6. The van der Waals surface area contributed by atoms with Gasteiger partial charge in [0.15, 0.2) is 5.69 Å². The first-order chi connectivity index (χ1) is 13.6. The van der Waals surface area contributed by atoms with Gasteiger partial charge in [0.1, 0.15) is 16.8 Å². The highest BCUT2D eigenvalue weighted by atomic mass is 32.2. The minimum absolute atomic E-state index is 0.0269. The van der Waals surface area contributed by atoms with Gasteiger partial charge in [-0.1, -0.05) is 30.3 Å². The Bertz CT molecular complexity index is 1150. The van der Waals surface area contributed by atoms with Crippen molar-refractivity contribution in [3.8, 4) is 17.2 Å². The maximum atomic E-state index is 11.0. The van der Waals surface area contributed by atoms with Gasteiger partial charge in [0.2, 0.25) is 0 Å². The van der Waals surface area contributed by atoms with Crippen LogP contribution >= 0.6 is 0 Å². The van der Waals surface area contributed by atoms with Crippen LogP contribution in [0, 0.1) is 11.3 Å². The normalized spacial score (nSPS) is 13.6. The molecule has 0 saturated heterocycles. The predicted molar refractivity (Wildman–Crippen MR) is 110 cm³/mol. The second-order valence-electron chi connectivity index (χ2n) is 6.95. The Labute approximate surface area is 165 Å². The SMILES string of the molecule is CCN(c1c(C#N)nnc2cc(-c3cccc(C[SH](=O)=O)c3)ccc12)C1CC1. The van der Waals surface area contributed by atoms with Crippen molar-refractivity contribution < 1.29 is 8.42 Å². The Morgan fingerprint density at radius 2 is 1.93 bits per heavy atom. The number of thiol groups is 1. The first kappa shape index (κ1) is 18.4. The van der Waals surface area contributed by atoms with Gasteiger partial charge in [-0.25, -0.2) is 8.42 Å². The molecule has 0 unspecified atom stereocenters. The van der Waals surface area contributed by atoms with Crippen molar-refractivity contribution >= 4 is 27.3 Å². The molecule has 0 amide bonds. The summed E-state index contributed by atoms with van der Waals surface area (Å²) in [5, 5.41) is 18.9. The molecule has 0 N–H and O–H groups in total. The van der Waals surface area contributed by atoms with Gasteiger partial charge in [-0.3, -0.25) is 0 Å². The Hall–Kier alpha value is -2.98. The largest absolute Gasteiger partial charge is 0.366 e. The Kier molecular flexibility index (Phi) is 4.97. The quantitative estimate of drug-likeness (QED) is 0.648. The van der Waals surface area contributed by atoms with Crippen LogP contribution in [-0.2, 0) is 16.5 Å². The molecule has 0 atom stereocenters. The van der Waals surface area contributed by atoms with E-state index in [-0.39, 0.29) is 5.75 Å². The second-order valence-corrected chi connectivity index (χ2v) is 7.93. The molecule has 1 saturated carbocycles. The number of anilines is 1. The Morgan fingerprint density at radius 3 is 2.61 bits per heavy atom. The molecule has 4 rings (SSSR count). The summed E-state index contributed by atoms with van der Waals surface area (Å²) < 4.78 is 22.1. The lowest BCUT2D eigenvalue weighted by atomic mass is 10.0. The summed E-state index contributed by atoms with van der Waals surface area (Å²) >= 11 is 0. The predicted octanol–water partition coefficient (Wildman–Crippen LogP) is 3.27. The minimum Gasteiger partial charge on any atom is -0.366 e. The van der Waals surface area contributed by atoms with Crippen LogP contribution in [0.3, 0.4) is 0 Å². The molecule has 142 valence electrons. The van der Waals surface area contributed by atoms with Gasteiger partial charge in [-0.15, -0.1) is 10.2 Å². The van der Waals surface area contributed by atoms with E-state index in [2.05, 4.69) is 28.1 Å². The number of benzene rings is 2. The summed E-state index contributed by atoms with van der Waals surface area (Å²) in [6.07, 6.45) is 2.27. The highest BCUT2D eigenvalue weighted by Crippen LogP contribution is 2.37. The van der Waals surface area contributed by atoms with Crippen LogP contribution in [0.5, 0.6) is 0 Å². The molecule has 1 aliphatic carbocycles. The fourth-order valence-electron chi connectivity index (χ4n) is 3.62. The fourth-order valence-corrected chi connectivity index (χ4v) is 4.12. The van der Waals surface area contributed by atoms with Crippen molar-refractivity contribution in [2.75, 3.05) is 11.4 Å². The third kappa shape index (κ3) is 3.56. The standard InChI is InChI=1S/C21H20N4O2S/c1-2-25(17-7-8-17)21-18-9-6-16(11-19(18)23-24-20(21)12-22)15-5-3-4-14(10-15)13-28(26)27/h3-6,9-11,17,28H,2,7-8,13H2,1H3. The third-order valence-electron chi connectivity index (χ3n) is 5.03. The molecule has 28 heavy (non-hydrogen) atoms. The summed E-state index contributed by atoms with van der Waals surface area (Å²) in [5.41, 5.74) is 4.57. The number of hydrogen-bond donors (Lipinski definition) is 1. The van der Waals surface area contributed by atoms with Crippen molar-refractivity contribution in [2.45, 2.75) is 31.6 Å². The van der Waals surface area contributed by atoms with E-state index < -0.39 is 10.7 Å². The first-order valence-corrected chi connectivity index (χ1v) is 10.6. The van der Waals surface area contributed by atoms with Crippen LogP contribution in [0.2, 0.25) is 0 Å². The highest BCUT2D eigenvalue weighted by molar-refractivity contribution is 7.71. The number of nitrogens with zero attached hydrogens (tertiary/aromatic N) is 4. The molecule has 0 radical (unpaired) electrons. The summed E-state index contributed by atoms with van der Waals surface area (Å²) in [4.78, 5) is 2.25. The summed E-state index contributed by atoms with van der Waals surface area (Å²) in [5.74, 6) is 0.0269. The van der Waals surface area contributed by atoms with Crippen molar-refractivity contribution in [3.63, 3.8) is 0 Å². The first-order valence-electron chi connectivity index (χ1n) is 9.29. The molecule has 3 aromatic rings. The van der Waals surface area contributed by atoms with Crippen molar-refractivity contribution in [1.29, 1.82) is 5.26 Å². The maximum absolute atomic E-state index is 11.0. The van der Waals surface area contributed by atoms with Crippen molar-refractivity contribution in [2.24, 2.45) is 0 Å². The lowest BCUT2D eigenvalue weighted by Gasteiger charge is -2.24. The van der Waals surface area contributed by atoms with Crippen LogP contribution < -0.4 is 4.90 Å². The van der Waals surface area contributed by atoms with E-state index >= 15 is 0 Å². The van der Waals surface area contributed by atoms with Gasteiger partial charge in [0.05, 0.1) is 17.0 Å². The zero-order valence-electron chi connectivity index (χ0n) is 15.5. The van der Waals surface area contributed by atoms with E-state index in [0.29, 0.717) is 11.7 Å². The van der Waals surface area contributed by atoms with Crippen LogP contribution in [0.15, 0.2) is 42.5 Å². The molecule has 1 heterocycles. The van der Waals surface area contributed by atoms with E-state index in [0.717, 1.165) is 52.7 Å². The molecule has 1 aliphatic rings. The molecule has 0 aliphatic heterocycles. The van der Waals surface area contributed by atoms with Gasteiger partial charge >= 0.3 is 0 Å². The molecule has 2 aromatic carbocycles. The highest BCUT2D eigenvalue weighted by Gasteiger charge is 2.31. The number of aromatic nitrogens is 2. The third-order valence-corrected chi connectivity index (χ3v) is 5.65. The smallest absolute Gasteiger partial charge is 0.187 e. The zero-order chi connectivity index (χ0) is 19.7. The summed E-state index contributed by atoms with van der Waals surface area (Å²) in [6, 6.07) is 16.1. The Morgan fingerprint density at radius 1 is 1.14 bits per heavy atom. The molecule has 6 nitrogen and oxygen atoms in total. The summed E-state index contributed by atoms with van der Waals surface area (Å²) in [7, 11) is -2.46. The average molecular weight is 392 g/mol. The maximum Gasteiger partial charge on any atom is 0.187 e. The van der Waals surface area contributed by atoms with Crippen molar-refractivity contribution in [1.82, 2.24) is 10.2 Å². The topological polar surface area (TPSA) is 86.9 Å². The minimum atomic E-state index is -2.46. The monoisotopic (exact) mass is 392 g/mol. The molecule has 0 bridgehead atoms. The van der Waals surface area contributed by atoms with E-state index in [1.807, 2.05) is 42.5 Å². The van der Waals surface area contributed by atoms with Crippen LogP contribution in [0.25, 0.3) is 22.0 Å². The number of nitriles is 1. The number of fused-ring (bicyclic) bond motifs is 1. The van der Waals surface area contributed by atoms with Crippen LogP contribution in [0.1, 0.15) is 31.0 Å². The zero-order valence-corrected chi connectivity index (χ0v) is 16.4. The van der Waals surface area contributed by atoms with E-state index in [9.17, 15) is 13.7 Å². The molecule has 0 spiro atoms. The van der Waals surface area contributed by atoms with Gasteiger partial charge in [0.25, 0.3) is 0 Å².